The van der Waals surface area contributed by atoms with Gasteiger partial charge in [-0.1, -0.05) is 18.6 Å². The van der Waals surface area contributed by atoms with Gasteiger partial charge in [-0.3, -0.25) is 15.1 Å². The zero-order chi connectivity index (χ0) is 12.1. The molecular weight excluding hydrogens is 214 g/mol. The highest BCUT2D eigenvalue weighted by Gasteiger charge is 2.10. The predicted molar refractivity (Wildman–Crippen MR) is 67.2 cm³/mol. The topological polar surface area (TPSA) is 58.4 Å². The summed E-state index contributed by atoms with van der Waals surface area (Å²) >= 11 is 0. The van der Waals surface area contributed by atoms with Crippen molar-refractivity contribution < 1.29 is 4.79 Å². The SMILES string of the molecule is NNC(=O)c1ccc(CN2CCCCC2)cc1. The molecule has 0 radical (unpaired) electrons. The van der Waals surface area contributed by atoms with Crippen LogP contribution in [-0.2, 0) is 6.54 Å². The quantitative estimate of drug-likeness (QED) is 0.469. The summed E-state index contributed by atoms with van der Waals surface area (Å²) in [5, 5.41) is 0. The van der Waals surface area contributed by atoms with Gasteiger partial charge in [0.2, 0.25) is 0 Å². The van der Waals surface area contributed by atoms with Crippen LogP contribution in [0.1, 0.15) is 35.2 Å². The number of rotatable bonds is 3. The van der Waals surface area contributed by atoms with Gasteiger partial charge in [-0.2, -0.15) is 0 Å². The molecule has 4 heteroatoms. The summed E-state index contributed by atoms with van der Waals surface area (Å²) in [7, 11) is 0. The van der Waals surface area contributed by atoms with Crippen molar-refractivity contribution in [2.45, 2.75) is 25.8 Å². The number of carbonyl (C=O) groups excluding carboxylic acids is 1. The fourth-order valence-corrected chi connectivity index (χ4v) is 2.22. The molecular formula is C13H19N3O. The average Bonchev–Trinajstić information content (AvgIpc) is 2.40. The Bertz CT molecular complexity index is 369. The van der Waals surface area contributed by atoms with Gasteiger partial charge in [-0.15, -0.1) is 0 Å². The lowest BCUT2D eigenvalue weighted by Crippen LogP contribution is -2.30. The van der Waals surface area contributed by atoms with Crippen molar-refractivity contribution in [1.29, 1.82) is 0 Å². The van der Waals surface area contributed by atoms with Crippen LogP contribution in [0.15, 0.2) is 24.3 Å². The summed E-state index contributed by atoms with van der Waals surface area (Å²) in [6.45, 7) is 3.35. The van der Waals surface area contributed by atoms with E-state index in [0.717, 1.165) is 6.54 Å². The van der Waals surface area contributed by atoms with E-state index in [0.29, 0.717) is 5.56 Å². The highest BCUT2D eigenvalue weighted by molar-refractivity contribution is 5.93. The molecule has 1 aliphatic rings. The second kappa shape index (κ2) is 5.80. The van der Waals surface area contributed by atoms with Crippen LogP contribution in [0.25, 0.3) is 0 Å². The number of piperidine rings is 1. The minimum Gasteiger partial charge on any atom is -0.299 e. The monoisotopic (exact) mass is 233 g/mol. The Balaban J connectivity index is 1.95. The van der Waals surface area contributed by atoms with Crippen molar-refractivity contribution >= 4 is 5.91 Å². The Morgan fingerprint density at radius 1 is 1.18 bits per heavy atom. The van der Waals surface area contributed by atoms with Crippen molar-refractivity contribution in [3.63, 3.8) is 0 Å². The molecule has 1 amide bonds. The average molecular weight is 233 g/mol. The Kier molecular flexibility index (Phi) is 4.12. The van der Waals surface area contributed by atoms with Crippen LogP contribution in [0, 0.1) is 0 Å². The number of hydrogen-bond acceptors (Lipinski definition) is 3. The van der Waals surface area contributed by atoms with Crippen molar-refractivity contribution in [2.24, 2.45) is 5.84 Å². The molecule has 1 saturated heterocycles. The highest BCUT2D eigenvalue weighted by Crippen LogP contribution is 2.13. The van der Waals surface area contributed by atoms with Gasteiger partial charge in [0, 0.05) is 12.1 Å². The van der Waals surface area contributed by atoms with Gasteiger partial charge in [0.1, 0.15) is 0 Å². The summed E-state index contributed by atoms with van der Waals surface area (Å²) < 4.78 is 0. The minimum absolute atomic E-state index is 0.241. The Morgan fingerprint density at radius 3 is 2.41 bits per heavy atom. The number of benzene rings is 1. The van der Waals surface area contributed by atoms with Gasteiger partial charge in [0.25, 0.3) is 5.91 Å². The van der Waals surface area contributed by atoms with E-state index in [-0.39, 0.29) is 5.91 Å². The van der Waals surface area contributed by atoms with Crippen LogP contribution >= 0.6 is 0 Å². The number of nitrogens with one attached hydrogen (secondary N) is 1. The maximum atomic E-state index is 11.3. The van der Waals surface area contributed by atoms with Crippen molar-refractivity contribution in [3.05, 3.63) is 35.4 Å². The minimum atomic E-state index is -0.241. The van der Waals surface area contributed by atoms with Crippen molar-refractivity contribution in [3.8, 4) is 0 Å². The molecule has 1 aromatic carbocycles. The van der Waals surface area contributed by atoms with E-state index in [1.165, 1.54) is 37.9 Å². The van der Waals surface area contributed by atoms with Crippen molar-refractivity contribution in [2.75, 3.05) is 13.1 Å². The molecule has 1 heterocycles. The first-order chi connectivity index (χ1) is 8.29. The number of amides is 1. The van der Waals surface area contributed by atoms with Gasteiger partial charge < -0.3 is 0 Å². The van der Waals surface area contributed by atoms with E-state index >= 15 is 0 Å². The molecule has 0 unspecified atom stereocenters. The number of nitrogens with zero attached hydrogens (tertiary/aromatic N) is 1. The van der Waals surface area contributed by atoms with E-state index in [1.807, 2.05) is 24.3 Å². The van der Waals surface area contributed by atoms with Crippen LogP contribution in [0.4, 0.5) is 0 Å². The van der Waals surface area contributed by atoms with Crippen LogP contribution in [-0.4, -0.2) is 23.9 Å². The van der Waals surface area contributed by atoms with Crippen LogP contribution < -0.4 is 11.3 Å². The van der Waals surface area contributed by atoms with Gasteiger partial charge in [0.15, 0.2) is 0 Å². The number of likely N-dealkylation sites (tertiary alicyclic amines) is 1. The standard InChI is InChI=1S/C13H19N3O/c14-15-13(17)12-6-4-11(5-7-12)10-16-8-2-1-3-9-16/h4-7H,1-3,8-10,14H2,(H,15,17). The molecule has 0 saturated carbocycles. The molecule has 0 aromatic heterocycles. The zero-order valence-corrected chi connectivity index (χ0v) is 9.98. The molecule has 0 bridgehead atoms. The lowest BCUT2D eigenvalue weighted by Gasteiger charge is -2.26. The van der Waals surface area contributed by atoms with Gasteiger partial charge in [-0.25, -0.2) is 5.84 Å². The van der Waals surface area contributed by atoms with Crippen LogP contribution in [0.5, 0.6) is 0 Å². The van der Waals surface area contributed by atoms with E-state index < -0.39 is 0 Å². The number of nitrogens with two attached hydrogens (primary N) is 1. The molecule has 17 heavy (non-hydrogen) atoms. The van der Waals surface area contributed by atoms with E-state index in [1.54, 1.807) is 0 Å². The maximum Gasteiger partial charge on any atom is 0.265 e. The first kappa shape index (κ1) is 12.1. The summed E-state index contributed by atoms with van der Waals surface area (Å²) in [5.74, 6) is 4.84. The third-order valence-electron chi connectivity index (χ3n) is 3.20. The third kappa shape index (κ3) is 3.28. The number of hydrogen-bond donors (Lipinski definition) is 2. The number of carbonyl (C=O) groups is 1. The van der Waals surface area contributed by atoms with E-state index in [2.05, 4.69) is 10.3 Å². The van der Waals surface area contributed by atoms with Crippen molar-refractivity contribution in [1.82, 2.24) is 10.3 Å². The predicted octanol–water partition coefficient (Wildman–Crippen LogP) is 1.28. The normalized spacial score (nSPS) is 16.8. The largest absolute Gasteiger partial charge is 0.299 e. The lowest BCUT2D eigenvalue weighted by atomic mass is 10.1. The maximum absolute atomic E-state index is 11.3. The molecule has 0 aliphatic carbocycles. The van der Waals surface area contributed by atoms with Gasteiger partial charge >= 0.3 is 0 Å². The summed E-state index contributed by atoms with van der Waals surface area (Å²) in [6.07, 6.45) is 3.95. The Morgan fingerprint density at radius 2 is 1.82 bits per heavy atom. The number of nitrogen functional groups attached to an aromatic ring is 1. The molecule has 0 spiro atoms. The van der Waals surface area contributed by atoms with E-state index in [4.69, 9.17) is 5.84 Å². The smallest absolute Gasteiger partial charge is 0.265 e. The summed E-state index contributed by atoms with van der Waals surface area (Å²) in [4.78, 5) is 13.7. The molecule has 4 nitrogen and oxygen atoms in total. The second-order valence-corrected chi connectivity index (χ2v) is 4.51. The van der Waals surface area contributed by atoms with Gasteiger partial charge in [0.05, 0.1) is 0 Å². The molecule has 92 valence electrons. The Labute approximate surface area is 102 Å². The van der Waals surface area contributed by atoms with Crippen LogP contribution in [0.3, 0.4) is 0 Å². The van der Waals surface area contributed by atoms with Crippen LogP contribution in [0.2, 0.25) is 0 Å². The molecule has 0 atom stereocenters. The number of hydrazine groups is 1. The van der Waals surface area contributed by atoms with Gasteiger partial charge in [-0.05, 0) is 43.6 Å². The van der Waals surface area contributed by atoms with E-state index in [9.17, 15) is 4.79 Å². The first-order valence-electron chi connectivity index (χ1n) is 6.12. The fraction of sp³-hybridized carbons (Fsp3) is 0.462. The molecule has 3 N–H and O–H groups in total. The molecule has 1 aliphatic heterocycles. The lowest BCUT2D eigenvalue weighted by molar-refractivity contribution is 0.0953. The molecule has 1 fully saturated rings. The first-order valence-corrected chi connectivity index (χ1v) is 6.12. The second-order valence-electron chi connectivity index (χ2n) is 4.51. The molecule has 2 rings (SSSR count). The third-order valence-corrected chi connectivity index (χ3v) is 3.20. The highest BCUT2D eigenvalue weighted by atomic mass is 16.2. The summed E-state index contributed by atoms with van der Waals surface area (Å²) in [5.41, 5.74) is 3.99. The fourth-order valence-electron chi connectivity index (χ4n) is 2.22. The zero-order valence-electron chi connectivity index (χ0n) is 9.98. The molecule has 1 aromatic rings. The summed E-state index contributed by atoms with van der Waals surface area (Å²) in [6, 6.07) is 7.64. The Hall–Kier alpha value is -1.39.